The quantitative estimate of drug-likeness (QED) is 0.385. The van der Waals surface area contributed by atoms with Crippen LogP contribution in [0, 0.1) is 10.1 Å². The number of rotatable bonds is 5. The summed E-state index contributed by atoms with van der Waals surface area (Å²) in [6.45, 7) is 0.970. The number of amides is 4. The third-order valence-electron chi connectivity index (χ3n) is 4.41. The van der Waals surface area contributed by atoms with Gasteiger partial charge in [-0.25, -0.2) is 4.79 Å². The molecular weight excluding hydrogens is 468 g/mol. The molecule has 0 saturated carbocycles. The molecule has 0 radical (unpaired) electrons. The summed E-state index contributed by atoms with van der Waals surface area (Å²) in [5.74, 6) is -1.32. The molecule has 0 bridgehead atoms. The van der Waals surface area contributed by atoms with E-state index in [0.29, 0.717) is 5.56 Å². The van der Waals surface area contributed by atoms with Crippen molar-refractivity contribution in [2.75, 3.05) is 11.9 Å². The zero-order valence-electron chi connectivity index (χ0n) is 14.9. The highest BCUT2D eigenvalue weighted by molar-refractivity contribution is 9.10. The van der Waals surface area contributed by atoms with Crippen molar-refractivity contribution in [2.45, 2.75) is 12.5 Å². The topological polar surface area (TPSA) is 122 Å². The number of nitrogens with one attached hydrogen (secondary N) is 2. The number of non-ortho nitro benzene ring substituents is 1. The van der Waals surface area contributed by atoms with Gasteiger partial charge in [-0.1, -0.05) is 39.7 Å². The molecule has 1 heterocycles. The van der Waals surface area contributed by atoms with Gasteiger partial charge in [0.2, 0.25) is 5.91 Å². The summed E-state index contributed by atoms with van der Waals surface area (Å²) in [7, 11) is 0. The fraction of sp³-hybridized carbons (Fsp3) is 0.167. The van der Waals surface area contributed by atoms with Crippen molar-refractivity contribution in [2.24, 2.45) is 0 Å². The lowest BCUT2D eigenvalue weighted by atomic mass is 9.92. The summed E-state index contributed by atoms with van der Waals surface area (Å²) < 4.78 is 0.731. The second-order valence-electron chi connectivity index (χ2n) is 6.43. The number of nitrogens with zero attached hydrogens (tertiary/aromatic N) is 2. The van der Waals surface area contributed by atoms with E-state index in [2.05, 4.69) is 26.6 Å². The largest absolute Gasteiger partial charge is 0.325 e. The molecule has 0 spiro atoms. The molecule has 0 aromatic heterocycles. The molecule has 0 unspecified atom stereocenters. The predicted molar refractivity (Wildman–Crippen MR) is 108 cm³/mol. The maximum atomic E-state index is 12.9. The minimum absolute atomic E-state index is 0.00710. The average Bonchev–Trinajstić information content (AvgIpc) is 2.87. The van der Waals surface area contributed by atoms with Gasteiger partial charge in [0.25, 0.3) is 11.6 Å². The summed E-state index contributed by atoms with van der Waals surface area (Å²) in [6, 6.07) is 9.73. The zero-order chi connectivity index (χ0) is 21.3. The molecule has 0 aliphatic carbocycles. The van der Waals surface area contributed by atoms with Crippen LogP contribution in [0.5, 0.6) is 0 Å². The van der Waals surface area contributed by atoms with E-state index in [0.717, 1.165) is 15.4 Å². The molecule has 29 heavy (non-hydrogen) atoms. The van der Waals surface area contributed by atoms with Crippen LogP contribution in [0.4, 0.5) is 16.2 Å². The number of urea groups is 1. The molecule has 2 N–H and O–H groups in total. The molecule has 11 heteroatoms. The van der Waals surface area contributed by atoms with Crippen molar-refractivity contribution in [1.29, 1.82) is 0 Å². The van der Waals surface area contributed by atoms with Crippen LogP contribution in [-0.4, -0.2) is 34.2 Å². The SMILES string of the molecule is C[C@]1(c2cccc(Br)c2)NC(=O)N(CC(=O)Nc2cc([N+](=O)[O-])ccc2Cl)C1=O. The average molecular weight is 482 g/mol. The van der Waals surface area contributed by atoms with Gasteiger partial charge in [0.15, 0.2) is 0 Å². The van der Waals surface area contributed by atoms with E-state index >= 15 is 0 Å². The maximum Gasteiger partial charge on any atom is 0.325 e. The van der Waals surface area contributed by atoms with Crippen LogP contribution in [0.15, 0.2) is 46.9 Å². The van der Waals surface area contributed by atoms with Crippen molar-refractivity contribution in [3.05, 3.63) is 67.6 Å². The van der Waals surface area contributed by atoms with Crippen LogP contribution >= 0.6 is 27.5 Å². The summed E-state index contributed by atoms with van der Waals surface area (Å²) in [6.07, 6.45) is 0. The Hall–Kier alpha value is -2.98. The van der Waals surface area contributed by atoms with E-state index < -0.39 is 34.9 Å². The first-order valence-electron chi connectivity index (χ1n) is 8.26. The summed E-state index contributed by atoms with van der Waals surface area (Å²) >= 11 is 9.28. The Balaban J connectivity index is 1.78. The number of hydrogen-bond acceptors (Lipinski definition) is 5. The second-order valence-corrected chi connectivity index (χ2v) is 7.75. The summed E-state index contributed by atoms with van der Waals surface area (Å²) in [4.78, 5) is 48.6. The van der Waals surface area contributed by atoms with Gasteiger partial charge < -0.3 is 10.6 Å². The first kappa shape index (κ1) is 20.7. The molecule has 1 fully saturated rings. The summed E-state index contributed by atoms with van der Waals surface area (Å²) in [5, 5.41) is 16.0. The van der Waals surface area contributed by atoms with Crippen LogP contribution < -0.4 is 10.6 Å². The molecule has 1 atom stereocenters. The second kappa shape index (κ2) is 7.80. The van der Waals surface area contributed by atoms with Crippen molar-refractivity contribution in [1.82, 2.24) is 10.2 Å². The molecule has 1 aliphatic rings. The van der Waals surface area contributed by atoms with E-state index in [1.165, 1.54) is 12.1 Å². The Morgan fingerprint density at radius 3 is 2.69 bits per heavy atom. The van der Waals surface area contributed by atoms with E-state index in [1.807, 2.05) is 0 Å². The van der Waals surface area contributed by atoms with Crippen LogP contribution in [-0.2, 0) is 15.1 Å². The zero-order valence-corrected chi connectivity index (χ0v) is 17.3. The first-order valence-corrected chi connectivity index (χ1v) is 9.43. The first-order chi connectivity index (χ1) is 13.6. The molecule has 9 nitrogen and oxygen atoms in total. The molecule has 150 valence electrons. The fourth-order valence-corrected chi connectivity index (χ4v) is 3.46. The predicted octanol–water partition coefficient (Wildman–Crippen LogP) is 3.42. The van der Waals surface area contributed by atoms with Gasteiger partial charge in [-0.05, 0) is 30.7 Å². The molecule has 4 amide bonds. The molecule has 2 aromatic rings. The monoisotopic (exact) mass is 480 g/mol. The summed E-state index contributed by atoms with van der Waals surface area (Å²) in [5.41, 5.74) is -1.03. The fourth-order valence-electron chi connectivity index (χ4n) is 2.89. The highest BCUT2D eigenvalue weighted by atomic mass is 79.9. The Bertz CT molecular complexity index is 1050. The molecular formula is C18H14BrClN4O5. The maximum absolute atomic E-state index is 12.9. The van der Waals surface area contributed by atoms with Crippen LogP contribution in [0.25, 0.3) is 0 Å². The van der Waals surface area contributed by atoms with Crippen molar-refractivity contribution in [3.63, 3.8) is 0 Å². The Morgan fingerprint density at radius 2 is 2.03 bits per heavy atom. The normalized spacial score (nSPS) is 18.5. The highest BCUT2D eigenvalue weighted by Gasteiger charge is 2.49. The lowest BCUT2D eigenvalue weighted by Gasteiger charge is -2.22. The van der Waals surface area contributed by atoms with E-state index in [-0.39, 0.29) is 16.4 Å². The van der Waals surface area contributed by atoms with Gasteiger partial charge in [0.1, 0.15) is 12.1 Å². The lowest BCUT2D eigenvalue weighted by molar-refractivity contribution is -0.384. The van der Waals surface area contributed by atoms with Gasteiger partial charge >= 0.3 is 6.03 Å². The standard InChI is InChI=1S/C18H14BrClN4O5/c1-18(10-3-2-4-11(19)7-10)16(26)23(17(27)22-18)9-15(25)21-14-8-12(24(28)29)5-6-13(14)20/h2-8H,9H2,1H3,(H,21,25)(H,22,27)/t18-/m1/s1. The Morgan fingerprint density at radius 1 is 1.31 bits per heavy atom. The minimum atomic E-state index is -1.33. The molecule has 2 aromatic carbocycles. The number of nitro benzene ring substituents is 1. The number of halogens is 2. The number of imide groups is 1. The number of carbonyl (C=O) groups is 3. The van der Waals surface area contributed by atoms with E-state index in [1.54, 1.807) is 31.2 Å². The highest BCUT2D eigenvalue weighted by Crippen LogP contribution is 2.31. The van der Waals surface area contributed by atoms with E-state index in [9.17, 15) is 24.5 Å². The van der Waals surface area contributed by atoms with Gasteiger partial charge in [0.05, 0.1) is 15.6 Å². The molecule has 1 aliphatic heterocycles. The van der Waals surface area contributed by atoms with Crippen molar-refractivity contribution in [3.8, 4) is 0 Å². The van der Waals surface area contributed by atoms with Gasteiger partial charge in [-0.3, -0.25) is 24.6 Å². The van der Waals surface area contributed by atoms with E-state index in [4.69, 9.17) is 11.6 Å². The number of anilines is 1. The number of carbonyl (C=O) groups excluding carboxylic acids is 3. The van der Waals surface area contributed by atoms with Crippen LogP contribution in [0.2, 0.25) is 5.02 Å². The van der Waals surface area contributed by atoms with Crippen molar-refractivity contribution >= 4 is 56.8 Å². The third kappa shape index (κ3) is 4.08. The molecule has 1 saturated heterocycles. The minimum Gasteiger partial charge on any atom is -0.323 e. The van der Waals surface area contributed by atoms with Crippen molar-refractivity contribution < 1.29 is 19.3 Å². The number of nitro groups is 1. The van der Waals surface area contributed by atoms with Gasteiger partial charge in [0, 0.05) is 16.6 Å². The third-order valence-corrected chi connectivity index (χ3v) is 5.24. The Kier molecular flexibility index (Phi) is 5.58. The Labute approximate surface area is 178 Å². The van der Waals surface area contributed by atoms with Gasteiger partial charge in [-0.15, -0.1) is 0 Å². The van der Waals surface area contributed by atoms with Crippen LogP contribution in [0.3, 0.4) is 0 Å². The molecule has 3 rings (SSSR count). The smallest absolute Gasteiger partial charge is 0.323 e. The lowest BCUT2D eigenvalue weighted by Crippen LogP contribution is -2.42. The number of hydrogen-bond donors (Lipinski definition) is 2. The van der Waals surface area contributed by atoms with Gasteiger partial charge in [-0.2, -0.15) is 0 Å². The van der Waals surface area contributed by atoms with Crippen LogP contribution in [0.1, 0.15) is 12.5 Å². The number of benzene rings is 2.